The standard InChI is InChI=1S/C14H10ClFN2/c1-18(13-6-4-12(16)5-7-13)14-8-11(15)3-2-10(14)9-17/h2-8H,1H3. The molecule has 0 aliphatic rings. The summed E-state index contributed by atoms with van der Waals surface area (Å²) in [7, 11) is 1.81. The van der Waals surface area contributed by atoms with Crippen LogP contribution >= 0.6 is 11.6 Å². The van der Waals surface area contributed by atoms with E-state index in [1.807, 2.05) is 0 Å². The molecule has 2 rings (SSSR count). The molecule has 0 fully saturated rings. The van der Waals surface area contributed by atoms with Crippen LogP contribution in [-0.2, 0) is 0 Å². The summed E-state index contributed by atoms with van der Waals surface area (Å²) in [6.07, 6.45) is 0. The molecule has 0 aliphatic heterocycles. The Morgan fingerprint density at radius 3 is 2.44 bits per heavy atom. The summed E-state index contributed by atoms with van der Waals surface area (Å²) in [4.78, 5) is 1.80. The molecule has 0 unspecified atom stereocenters. The van der Waals surface area contributed by atoms with Gasteiger partial charge in [-0.25, -0.2) is 4.39 Å². The number of halogens is 2. The van der Waals surface area contributed by atoms with Crippen LogP contribution in [0, 0.1) is 17.1 Å². The molecule has 0 N–H and O–H groups in total. The maximum Gasteiger partial charge on any atom is 0.123 e. The molecule has 0 atom stereocenters. The van der Waals surface area contributed by atoms with E-state index in [9.17, 15) is 4.39 Å². The third-order valence-electron chi connectivity index (χ3n) is 2.66. The van der Waals surface area contributed by atoms with E-state index in [-0.39, 0.29) is 5.82 Å². The summed E-state index contributed by atoms with van der Waals surface area (Å²) in [6, 6.07) is 13.2. The van der Waals surface area contributed by atoms with Gasteiger partial charge in [-0.15, -0.1) is 0 Å². The summed E-state index contributed by atoms with van der Waals surface area (Å²) in [6.45, 7) is 0. The van der Waals surface area contributed by atoms with Crippen molar-refractivity contribution in [2.45, 2.75) is 0 Å². The maximum absolute atomic E-state index is 12.9. The highest BCUT2D eigenvalue weighted by Crippen LogP contribution is 2.29. The first-order chi connectivity index (χ1) is 8.61. The van der Waals surface area contributed by atoms with E-state index in [1.165, 1.54) is 12.1 Å². The minimum atomic E-state index is -0.293. The van der Waals surface area contributed by atoms with E-state index in [2.05, 4.69) is 6.07 Å². The number of hydrogen-bond donors (Lipinski definition) is 0. The van der Waals surface area contributed by atoms with E-state index in [0.717, 1.165) is 5.69 Å². The van der Waals surface area contributed by atoms with Gasteiger partial charge in [0.15, 0.2) is 0 Å². The van der Waals surface area contributed by atoms with Crippen molar-refractivity contribution in [3.63, 3.8) is 0 Å². The molecule has 0 heterocycles. The molecular formula is C14H10ClFN2. The lowest BCUT2D eigenvalue weighted by molar-refractivity contribution is 0.628. The van der Waals surface area contributed by atoms with E-state index >= 15 is 0 Å². The minimum Gasteiger partial charge on any atom is -0.343 e. The van der Waals surface area contributed by atoms with E-state index in [4.69, 9.17) is 16.9 Å². The Kier molecular flexibility index (Phi) is 3.50. The number of nitriles is 1. The first-order valence-electron chi connectivity index (χ1n) is 5.31. The van der Waals surface area contributed by atoms with Crippen LogP contribution in [0.2, 0.25) is 5.02 Å². The highest BCUT2D eigenvalue weighted by molar-refractivity contribution is 6.30. The number of nitrogens with zero attached hydrogens (tertiary/aromatic N) is 2. The smallest absolute Gasteiger partial charge is 0.123 e. The second kappa shape index (κ2) is 5.07. The lowest BCUT2D eigenvalue weighted by Crippen LogP contribution is -2.11. The fourth-order valence-corrected chi connectivity index (χ4v) is 1.85. The van der Waals surface area contributed by atoms with Gasteiger partial charge in [0.25, 0.3) is 0 Å². The van der Waals surface area contributed by atoms with Crippen molar-refractivity contribution in [1.29, 1.82) is 5.26 Å². The van der Waals surface area contributed by atoms with Crippen molar-refractivity contribution in [1.82, 2.24) is 0 Å². The van der Waals surface area contributed by atoms with Gasteiger partial charge in [-0.1, -0.05) is 11.6 Å². The predicted octanol–water partition coefficient (Wildman–Crippen LogP) is 4.12. The third kappa shape index (κ3) is 2.44. The molecule has 4 heteroatoms. The lowest BCUT2D eigenvalue weighted by Gasteiger charge is -2.20. The van der Waals surface area contributed by atoms with Gasteiger partial charge in [-0.2, -0.15) is 5.26 Å². The Hall–Kier alpha value is -2.05. The van der Waals surface area contributed by atoms with Gasteiger partial charge >= 0.3 is 0 Å². The normalized spacial score (nSPS) is 9.89. The molecule has 0 bridgehead atoms. The van der Waals surface area contributed by atoms with Crippen LogP contribution in [0.15, 0.2) is 42.5 Å². The molecule has 18 heavy (non-hydrogen) atoms. The van der Waals surface area contributed by atoms with Crippen LogP contribution in [0.4, 0.5) is 15.8 Å². The Morgan fingerprint density at radius 1 is 1.17 bits per heavy atom. The first-order valence-corrected chi connectivity index (χ1v) is 5.68. The van der Waals surface area contributed by atoms with Crippen LogP contribution in [0.5, 0.6) is 0 Å². The van der Waals surface area contributed by atoms with E-state index < -0.39 is 0 Å². The van der Waals surface area contributed by atoms with Crippen molar-refractivity contribution in [3.8, 4) is 6.07 Å². The molecular weight excluding hydrogens is 251 g/mol. The Morgan fingerprint density at radius 2 is 1.83 bits per heavy atom. The zero-order chi connectivity index (χ0) is 13.1. The zero-order valence-corrected chi connectivity index (χ0v) is 10.4. The van der Waals surface area contributed by atoms with Gasteiger partial charge in [0.2, 0.25) is 0 Å². The third-order valence-corrected chi connectivity index (χ3v) is 2.89. The van der Waals surface area contributed by atoms with Gasteiger partial charge < -0.3 is 4.90 Å². The van der Waals surface area contributed by atoms with Crippen molar-refractivity contribution >= 4 is 23.0 Å². The molecule has 0 saturated heterocycles. The summed E-state index contributed by atoms with van der Waals surface area (Å²) in [5.41, 5.74) is 2.00. The molecule has 0 radical (unpaired) electrons. The summed E-state index contributed by atoms with van der Waals surface area (Å²) in [5.74, 6) is -0.293. The highest BCUT2D eigenvalue weighted by Gasteiger charge is 2.10. The maximum atomic E-state index is 12.9. The highest BCUT2D eigenvalue weighted by atomic mass is 35.5. The van der Waals surface area contributed by atoms with E-state index in [1.54, 1.807) is 42.3 Å². The summed E-state index contributed by atoms with van der Waals surface area (Å²) >= 11 is 5.93. The average molecular weight is 261 g/mol. The van der Waals surface area contributed by atoms with Crippen molar-refractivity contribution < 1.29 is 4.39 Å². The molecule has 0 amide bonds. The number of anilines is 2. The quantitative estimate of drug-likeness (QED) is 0.812. The summed E-state index contributed by atoms with van der Waals surface area (Å²) < 4.78 is 12.9. The SMILES string of the molecule is CN(c1ccc(F)cc1)c1cc(Cl)ccc1C#N. The topological polar surface area (TPSA) is 27.0 Å². The summed E-state index contributed by atoms with van der Waals surface area (Å²) in [5, 5.41) is 9.62. The van der Waals surface area contributed by atoms with Crippen LogP contribution in [0.1, 0.15) is 5.56 Å². The van der Waals surface area contributed by atoms with Crippen LogP contribution < -0.4 is 4.90 Å². The molecule has 2 nitrogen and oxygen atoms in total. The van der Waals surface area contributed by atoms with E-state index in [0.29, 0.717) is 16.3 Å². The molecule has 2 aromatic rings. The molecule has 0 spiro atoms. The molecule has 0 aliphatic carbocycles. The first kappa shape index (κ1) is 12.4. The fourth-order valence-electron chi connectivity index (χ4n) is 1.68. The van der Waals surface area contributed by atoms with Gasteiger partial charge in [0.1, 0.15) is 11.9 Å². The fraction of sp³-hybridized carbons (Fsp3) is 0.0714. The average Bonchev–Trinajstić information content (AvgIpc) is 2.39. The molecule has 0 aromatic heterocycles. The van der Waals surface area contributed by atoms with Crippen molar-refractivity contribution in [2.24, 2.45) is 0 Å². The number of rotatable bonds is 2. The van der Waals surface area contributed by atoms with Gasteiger partial charge in [-0.3, -0.25) is 0 Å². The van der Waals surface area contributed by atoms with Crippen LogP contribution in [0.3, 0.4) is 0 Å². The minimum absolute atomic E-state index is 0.293. The second-order valence-corrected chi connectivity index (χ2v) is 4.25. The Balaban J connectivity index is 2.45. The predicted molar refractivity (Wildman–Crippen MR) is 70.6 cm³/mol. The monoisotopic (exact) mass is 260 g/mol. The largest absolute Gasteiger partial charge is 0.343 e. The second-order valence-electron chi connectivity index (χ2n) is 3.81. The number of benzene rings is 2. The molecule has 90 valence electrons. The Bertz CT molecular complexity index is 602. The Labute approximate surface area is 110 Å². The van der Waals surface area contributed by atoms with Crippen LogP contribution in [-0.4, -0.2) is 7.05 Å². The van der Waals surface area contributed by atoms with Gasteiger partial charge in [0, 0.05) is 17.8 Å². The number of hydrogen-bond acceptors (Lipinski definition) is 2. The molecule has 2 aromatic carbocycles. The lowest BCUT2D eigenvalue weighted by atomic mass is 10.1. The molecule has 0 saturated carbocycles. The van der Waals surface area contributed by atoms with Crippen molar-refractivity contribution in [3.05, 3.63) is 58.9 Å². The van der Waals surface area contributed by atoms with Gasteiger partial charge in [0.05, 0.1) is 11.3 Å². The van der Waals surface area contributed by atoms with Gasteiger partial charge in [-0.05, 0) is 42.5 Å². The zero-order valence-electron chi connectivity index (χ0n) is 9.69. The van der Waals surface area contributed by atoms with Crippen LogP contribution in [0.25, 0.3) is 0 Å². The van der Waals surface area contributed by atoms with Crippen molar-refractivity contribution in [2.75, 3.05) is 11.9 Å².